The molecule has 0 bridgehead atoms. The third-order valence-electron chi connectivity index (χ3n) is 1.87. The van der Waals surface area contributed by atoms with E-state index in [0.717, 1.165) is 5.57 Å². The molecule has 0 amide bonds. The Morgan fingerprint density at radius 1 is 1.22 bits per heavy atom. The monoisotopic (exact) mass is 287 g/mol. The summed E-state index contributed by atoms with van der Waals surface area (Å²) in [4.78, 5) is 0. The number of hydrogen-bond donors (Lipinski definition) is 1. The molecule has 0 saturated heterocycles. The van der Waals surface area contributed by atoms with Crippen LogP contribution in [-0.4, -0.2) is 5.11 Å². The van der Waals surface area contributed by atoms with Gasteiger partial charge in [-0.2, -0.15) is 11.6 Å². The molecule has 2 heteroatoms. The number of aliphatic hydroxyl groups excluding tert-OH is 1. The minimum absolute atomic E-state index is 0. The first kappa shape index (κ1) is 22.5. The number of hydrogen-bond acceptors (Lipinski definition) is 1. The quantitative estimate of drug-likeness (QED) is 0.420. The Bertz CT molecular complexity index is 304. The molecular formula is C16H27CrO-. The van der Waals surface area contributed by atoms with E-state index in [1.54, 1.807) is 0 Å². The van der Waals surface area contributed by atoms with E-state index in [1.165, 1.54) is 5.57 Å². The Kier molecular flexibility index (Phi) is 14.2. The molecule has 0 heterocycles. The van der Waals surface area contributed by atoms with Crippen LogP contribution in [0.2, 0.25) is 0 Å². The van der Waals surface area contributed by atoms with Gasteiger partial charge in [0.15, 0.2) is 0 Å². The Morgan fingerprint density at radius 3 is 1.83 bits per heavy atom. The smallest absolute Gasteiger partial charge is 0.0856 e. The zero-order valence-electron chi connectivity index (χ0n) is 12.6. The summed E-state index contributed by atoms with van der Waals surface area (Å²) in [6, 6.07) is 0. The molecule has 0 unspecified atom stereocenters. The van der Waals surface area contributed by atoms with Gasteiger partial charge in [-0.25, -0.2) is 6.08 Å². The first-order valence-corrected chi connectivity index (χ1v) is 5.83. The van der Waals surface area contributed by atoms with Crippen LogP contribution in [0.15, 0.2) is 42.2 Å². The van der Waals surface area contributed by atoms with E-state index in [1.807, 2.05) is 32.9 Å². The van der Waals surface area contributed by atoms with Crippen LogP contribution >= 0.6 is 0 Å². The van der Waals surface area contributed by atoms with Gasteiger partial charge in [-0.05, 0) is 5.41 Å². The van der Waals surface area contributed by atoms with Crippen molar-refractivity contribution in [2.24, 2.45) is 5.41 Å². The summed E-state index contributed by atoms with van der Waals surface area (Å²) in [5, 5.41) is 8.69. The number of allylic oxidation sites excluding steroid dienone is 6. The van der Waals surface area contributed by atoms with Crippen molar-refractivity contribution in [2.75, 3.05) is 0 Å². The largest absolute Gasteiger partial charge is 0.513 e. The van der Waals surface area contributed by atoms with Crippen molar-refractivity contribution in [3.8, 4) is 0 Å². The van der Waals surface area contributed by atoms with E-state index < -0.39 is 0 Å². The first-order valence-electron chi connectivity index (χ1n) is 5.83. The predicted octanol–water partition coefficient (Wildman–Crippen LogP) is 5.38. The minimum atomic E-state index is 0. The normalized spacial score (nSPS) is 11.3. The van der Waals surface area contributed by atoms with Gasteiger partial charge in [0.2, 0.25) is 0 Å². The van der Waals surface area contributed by atoms with Crippen molar-refractivity contribution < 1.29 is 22.5 Å². The Morgan fingerprint density at radius 2 is 1.67 bits per heavy atom. The molecule has 0 rings (SSSR count). The molecule has 0 saturated carbocycles. The fourth-order valence-corrected chi connectivity index (χ4v) is 0.944. The number of rotatable bonds is 3. The molecule has 0 radical (unpaired) electrons. The summed E-state index contributed by atoms with van der Waals surface area (Å²) >= 11 is 0. The van der Waals surface area contributed by atoms with E-state index in [4.69, 9.17) is 5.11 Å². The van der Waals surface area contributed by atoms with Crippen molar-refractivity contribution in [2.45, 2.75) is 48.0 Å². The fraction of sp³-hybridized carbons (Fsp3) is 0.500. The molecular weight excluding hydrogens is 260 g/mol. The average Bonchev–Trinajstić information content (AvgIpc) is 2.10. The second kappa shape index (κ2) is 11.4. The molecule has 18 heavy (non-hydrogen) atoms. The molecule has 0 aromatic carbocycles. The molecule has 0 aromatic rings. The molecule has 0 spiro atoms. The first-order chi connectivity index (χ1) is 7.60. The van der Waals surface area contributed by atoms with Crippen LogP contribution in [0.25, 0.3) is 0 Å². The van der Waals surface area contributed by atoms with Crippen LogP contribution in [0.5, 0.6) is 0 Å². The topological polar surface area (TPSA) is 20.2 Å². The molecule has 104 valence electrons. The summed E-state index contributed by atoms with van der Waals surface area (Å²) < 4.78 is 0. The molecule has 0 aliphatic heterocycles. The van der Waals surface area contributed by atoms with E-state index in [0.29, 0.717) is 6.42 Å². The van der Waals surface area contributed by atoms with Crippen molar-refractivity contribution in [3.63, 3.8) is 0 Å². The molecule has 1 N–H and O–H groups in total. The van der Waals surface area contributed by atoms with Crippen LogP contribution < -0.4 is 0 Å². The summed E-state index contributed by atoms with van der Waals surface area (Å²) in [5.41, 5.74) is 2.46. The van der Waals surface area contributed by atoms with Gasteiger partial charge >= 0.3 is 0 Å². The van der Waals surface area contributed by atoms with E-state index in [-0.39, 0.29) is 28.5 Å². The van der Waals surface area contributed by atoms with Gasteiger partial charge in [0, 0.05) is 23.8 Å². The standard InChI is InChI=1S/C9H13.C7H14O.Cr/c1-5-6-7-9(4)8(2)3;1-6(8)5-7(2,3)4;/h5,7H,2H2,1,3-4H3;8H,1,5H2,2-4H3;/q-1;;/b9-7-;;. The molecule has 0 atom stereocenters. The van der Waals surface area contributed by atoms with Gasteiger partial charge in [0.25, 0.3) is 0 Å². The van der Waals surface area contributed by atoms with Crippen molar-refractivity contribution in [3.05, 3.63) is 48.3 Å². The van der Waals surface area contributed by atoms with Crippen LogP contribution in [0.4, 0.5) is 0 Å². The summed E-state index contributed by atoms with van der Waals surface area (Å²) in [6.07, 6.45) is 7.48. The Hall–Kier alpha value is -0.708. The maximum absolute atomic E-state index is 8.69. The van der Waals surface area contributed by atoms with Crippen LogP contribution in [-0.2, 0) is 17.4 Å². The summed E-state index contributed by atoms with van der Waals surface area (Å²) in [6.45, 7) is 19.3. The second-order valence-electron chi connectivity index (χ2n) is 5.37. The van der Waals surface area contributed by atoms with Crippen LogP contribution in [0, 0.1) is 11.5 Å². The zero-order chi connectivity index (χ0) is 14.1. The van der Waals surface area contributed by atoms with E-state index in [2.05, 4.69) is 40.0 Å². The maximum Gasteiger partial charge on any atom is 0.0856 e. The van der Waals surface area contributed by atoms with E-state index >= 15 is 0 Å². The van der Waals surface area contributed by atoms with Gasteiger partial charge in [0.1, 0.15) is 0 Å². The number of aliphatic hydroxyl groups is 1. The summed E-state index contributed by atoms with van der Waals surface area (Å²) in [5.74, 6) is 0.275. The molecule has 0 aliphatic rings. The molecule has 1 nitrogen and oxygen atoms in total. The van der Waals surface area contributed by atoms with Crippen LogP contribution in [0.1, 0.15) is 48.0 Å². The minimum Gasteiger partial charge on any atom is -0.513 e. The predicted molar refractivity (Wildman–Crippen MR) is 77.9 cm³/mol. The van der Waals surface area contributed by atoms with Gasteiger partial charge in [-0.3, -0.25) is 6.08 Å². The van der Waals surface area contributed by atoms with Crippen molar-refractivity contribution in [1.82, 2.24) is 0 Å². The van der Waals surface area contributed by atoms with Gasteiger partial charge in [0.05, 0.1) is 5.76 Å². The van der Waals surface area contributed by atoms with Gasteiger partial charge < -0.3 is 5.11 Å². The van der Waals surface area contributed by atoms with Crippen LogP contribution in [0.3, 0.4) is 0 Å². The molecule has 0 fully saturated rings. The summed E-state index contributed by atoms with van der Waals surface area (Å²) in [7, 11) is 0. The Balaban J connectivity index is -0.000000238. The average molecular weight is 287 g/mol. The van der Waals surface area contributed by atoms with Crippen molar-refractivity contribution >= 4 is 0 Å². The SMILES string of the molecule is C=C(C)/C(C)=C\[C-]=CC.C=C(O)CC(C)(C)C.[Cr]. The third kappa shape index (κ3) is 20.7. The Labute approximate surface area is 124 Å². The maximum atomic E-state index is 8.69. The van der Waals surface area contributed by atoms with Crippen molar-refractivity contribution in [1.29, 1.82) is 0 Å². The van der Waals surface area contributed by atoms with E-state index in [9.17, 15) is 0 Å². The van der Waals surface area contributed by atoms with Gasteiger partial charge in [-0.15, -0.1) is 19.1 Å². The van der Waals surface area contributed by atoms with Gasteiger partial charge in [-0.1, -0.05) is 41.2 Å². The zero-order valence-corrected chi connectivity index (χ0v) is 13.9. The second-order valence-corrected chi connectivity index (χ2v) is 5.37. The third-order valence-corrected chi connectivity index (χ3v) is 1.87. The molecule has 0 aliphatic carbocycles. The molecule has 0 aromatic heterocycles. The fourth-order valence-electron chi connectivity index (χ4n) is 0.944.